The molecule has 0 aliphatic carbocycles. The molecule has 2 amide bonds. The maximum Gasteiger partial charge on any atom is 0.283 e. The van der Waals surface area contributed by atoms with Gasteiger partial charge in [0.1, 0.15) is 33.6 Å². The van der Waals surface area contributed by atoms with Gasteiger partial charge in [-0.2, -0.15) is 0 Å². The van der Waals surface area contributed by atoms with Crippen molar-refractivity contribution in [2.24, 2.45) is 0 Å². The van der Waals surface area contributed by atoms with Crippen molar-refractivity contribution in [2.75, 3.05) is 24.4 Å². The predicted molar refractivity (Wildman–Crippen MR) is 153 cm³/mol. The fourth-order valence-corrected chi connectivity index (χ4v) is 4.96. The second-order valence-corrected chi connectivity index (χ2v) is 9.83. The Morgan fingerprint density at radius 2 is 1.41 bits per heavy atom. The molecule has 9 heteroatoms. The molecular weight excluding hydrogens is 536 g/mol. The normalized spacial score (nSPS) is 13.1. The Balaban J connectivity index is 1.48. The number of hydrogen-bond acceptors (Lipinski definition) is 7. The summed E-state index contributed by atoms with van der Waals surface area (Å²) in [7, 11) is 3.07. The van der Waals surface area contributed by atoms with Gasteiger partial charge in [0.25, 0.3) is 11.8 Å². The van der Waals surface area contributed by atoms with Crippen LogP contribution in [0, 0.1) is 0 Å². The highest BCUT2D eigenvalue weighted by atomic mass is 35.5. The van der Waals surface area contributed by atoms with Crippen molar-refractivity contribution in [1.82, 2.24) is 0 Å². The number of imide groups is 1. The SMILES string of the molecule is COc1ccc(OC)c(NC2=C(Sc3ccc(Cl)cc3)C(=O)N(c3ccc(Oc4ccccc4)cc3)C2=O)c1. The number of para-hydroxylation sites is 1. The molecule has 1 aliphatic heterocycles. The van der Waals surface area contributed by atoms with Crippen LogP contribution in [0.1, 0.15) is 0 Å². The molecule has 196 valence electrons. The lowest BCUT2D eigenvalue weighted by Gasteiger charge is -2.16. The minimum absolute atomic E-state index is 0.121. The Labute approximate surface area is 234 Å². The number of benzene rings is 4. The van der Waals surface area contributed by atoms with Gasteiger partial charge in [-0.25, -0.2) is 4.90 Å². The van der Waals surface area contributed by atoms with E-state index in [1.807, 2.05) is 30.3 Å². The third kappa shape index (κ3) is 5.72. The number of amides is 2. The maximum absolute atomic E-state index is 13.8. The minimum atomic E-state index is -0.502. The molecule has 1 heterocycles. The van der Waals surface area contributed by atoms with Gasteiger partial charge >= 0.3 is 0 Å². The zero-order valence-electron chi connectivity index (χ0n) is 21.0. The van der Waals surface area contributed by atoms with Crippen molar-refractivity contribution in [3.05, 3.63) is 113 Å². The molecule has 0 aromatic heterocycles. The first kappa shape index (κ1) is 26.2. The smallest absolute Gasteiger partial charge is 0.283 e. The van der Waals surface area contributed by atoms with Crippen molar-refractivity contribution in [3.8, 4) is 23.0 Å². The Kier molecular flexibility index (Phi) is 7.76. The molecule has 0 radical (unpaired) electrons. The highest BCUT2D eigenvalue weighted by Crippen LogP contribution is 2.40. The van der Waals surface area contributed by atoms with Gasteiger partial charge in [0.15, 0.2) is 0 Å². The zero-order valence-corrected chi connectivity index (χ0v) is 22.6. The third-order valence-electron chi connectivity index (χ3n) is 5.82. The van der Waals surface area contributed by atoms with Crippen molar-refractivity contribution in [3.63, 3.8) is 0 Å². The number of nitrogens with one attached hydrogen (secondary N) is 1. The first-order valence-corrected chi connectivity index (χ1v) is 13.0. The number of methoxy groups -OCH3 is 2. The number of nitrogens with zero attached hydrogens (tertiary/aromatic N) is 1. The van der Waals surface area contributed by atoms with Crippen LogP contribution in [0.4, 0.5) is 11.4 Å². The van der Waals surface area contributed by atoms with E-state index in [1.165, 1.54) is 18.9 Å². The van der Waals surface area contributed by atoms with Crippen LogP contribution in [0.5, 0.6) is 23.0 Å². The van der Waals surface area contributed by atoms with E-state index < -0.39 is 11.8 Å². The lowest BCUT2D eigenvalue weighted by Crippen LogP contribution is -2.32. The molecule has 4 aromatic rings. The van der Waals surface area contributed by atoms with E-state index in [0.29, 0.717) is 39.4 Å². The molecule has 1 N–H and O–H groups in total. The van der Waals surface area contributed by atoms with Crippen LogP contribution in [-0.4, -0.2) is 26.0 Å². The van der Waals surface area contributed by atoms with E-state index in [1.54, 1.807) is 73.8 Å². The predicted octanol–water partition coefficient (Wildman–Crippen LogP) is 7.14. The summed E-state index contributed by atoms with van der Waals surface area (Å²) < 4.78 is 16.7. The number of hydrogen-bond donors (Lipinski definition) is 1. The van der Waals surface area contributed by atoms with Gasteiger partial charge in [0.05, 0.1) is 25.6 Å². The molecule has 0 spiro atoms. The van der Waals surface area contributed by atoms with E-state index >= 15 is 0 Å². The summed E-state index contributed by atoms with van der Waals surface area (Å²) in [4.78, 5) is 29.6. The van der Waals surface area contributed by atoms with Gasteiger partial charge in [-0.15, -0.1) is 0 Å². The number of rotatable bonds is 9. The van der Waals surface area contributed by atoms with Crippen LogP contribution in [-0.2, 0) is 9.59 Å². The van der Waals surface area contributed by atoms with Crippen LogP contribution in [0.3, 0.4) is 0 Å². The summed E-state index contributed by atoms with van der Waals surface area (Å²) in [6.07, 6.45) is 0. The summed E-state index contributed by atoms with van der Waals surface area (Å²) in [5.74, 6) is 1.35. The van der Waals surface area contributed by atoms with Crippen molar-refractivity contribution >= 4 is 46.6 Å². The largest absolute Gasteiger partial charge is 0.497 e. The van der Waals surface area contributed by atoms with E-state index in [4.69, 9.17) is 25.8 Å². The first-order chi connectivity index (χ1) is 19.0. The summed E-state index contributed by atoms with van der Waals surface area (Å²) >= 11 is 7.22. The molecule has 1 aliphatic rings. The fraction of sp³-hybridized carbons (Fsp3) is 0.0667. The number of ether oxygens (including phenoxy) is 3. The monoisotopic (exact) mass is 558 g/mol. The highest BCUT2D eigenvalue weighted by Gasteiger charge is 2.40. The second kappa shape index (κ2) is 11.6. The van der Waals surface area contributed by atoms with Gasteiger partial charge in [0.2, 0.25) is 0 Å². The van der Waals surface area contributed by atoms with Crippen LogP contribution < -0.4 is 24.4 Å². The van der Waals surface area contributed by atoms with Crippen LogP contribution >= 0.6 is 23.4 Å². The van der Waals surface area contributed by atoms with E-state index in [9.17, 15) is 9.59 Å². The lowest BCUT2D eigenvalue weighted by atomic mass is 10.2. The number of carbonyl (C=O) groups excluding carboxylic acids is 2. The van der Waals surface area contributed by atoms with Crippen LogP contribution in [0.25, 0.3) is 0 Å². The second-order valence-electron chi connectivity index (χ2n) is 8.31. The highest BCUT2D eigenvalue weighted by molar-refractivity contribution is 8.04. The van der Waals surface area contributed by atoms with E-state index in [-0.39, 0.29) is 10.6 Å². The molecule has 0 atom stereocenters. The molecule has 4 aromatic carbocycles. The Hall–Kier alpha value is -4.40. The van der Waals surface area contributed by atoms with Crippen molar-refractivity contribution in [2.45, 2.75) is 4.90 Å². The van der Waals surface area contributed by atoms with E-state index in [0.717, 1.165) is 9.80 Å². The molecule has 0 fully saturated rings. The maximum atomic E-state index is 13.8. The van der Waals surface area contributed by atoms with Gasteiger partial charge < -0.3 is 19.5 Å². The Morgan fingerprint density at radius 1 is 0.744 bits per heavy atom. The molecule has 0 saturated carbocycles. The number of anilines is 2. The van der Waals surface area contributed by atoms with Gasteiger partial charge in [0, 0.05) is 16.0 Å². The average molecular weight is 559 g/mol. The van der Waals surface area contributed by atoms with Gasteiger partial charge in [-0.3, -0.25) is 9.59 Å². The molecule has 0 saturated heterocycles. The number of carbonyl (C=O) groups is 2. The quantitative estimate of drug-likeness (QED) is 0.219. The topological polar surface area (TPSA) is 77.1 Å². The fourth-order valence-electron chi connectivity index (χ4n) is 3.90. The van der Waals surface area contributed by atoms with Gasteiger partial charge in [-0.1, -0.05) is 41.6 Å². The summed E-state index contributed by atoms with van der Waals surface area (Å²) in [5, 5.41) is 3.70. The number of halogens is 1. The minimum Gasteiger partial charge on any atom is -0.497 e. The standard InChI is InChI=1S/C30H23ClN2O5S/c1-36-23-14-17-26(37-2)25(18-23)32-27-28(39-24-15-8-19(31)9-16-24)30(35)33(29(27)34)20-10-12-22(13-11-20)38-21-6-4-3-5-7-21/h3-18,32H,1-2H3. The van der Waals surface area contributed by atoms with Crippen molar-refractivity contribution in [1.29, 1.82) is 0 Å². The van der Waals surface area contributed by atoms with Crippen molar-refractivity contribution < 1.29 is 23.8 Å². The van der Waals surface area contributed by atoms with Crippen LogP contribution in [0.2, 0.25) is 5.02 Å². The average Bonchev–Trinajstić information content (AvgIpc) is 3.19. The summed E-state index contributed by atoms with van der Waals surface area (Å²) in [6, 6.07) is 28.3. The van der Waals surface area contributed by atoms with Gasteiger partial charge in [-0.05, 0) is 72.8 Å². The Bertz CT molecular complexity index is 1540. The first-order valence-electron chi connectivity index (χ1n) is 11.9. The molecule has 5 rings (SSSR count). The molecule has 7 nitrogen and oxygen atoms in total. The molecule has 39 heavy (non-hydrogen) atoms. The summed E-state index contributed by atoms with van der Waals surface area (Å²) in [5.41, 5.74) is 1.01. The zero-order chi connectivity index (χ0) is 27.4. The van der Waals surface area contributed by atoms with Crippen LogP contribution in [0.15, 0.2) is 113 Å². The lowest BCUT2D eigenvalue weighted by molar-refractivity contribution is -0.120. The molecular formula is C30H23ClN2O5S. The molecule has 0 unspecified atom stereocenters. The Morgan fingerprint density at radius 3 is 2.08 bits per heavy atom. The molecule has 0 bridgehead atoms. The number of thioether (sulfide) groups is 1. The van der Waals surface area contributed by atoms with E-state index in [2.05, 4.69) is 5.32 Å². The third-order valence-corrected chi connectivity index (χ3v) is 7.16. The summed E-state index contributed by atoms with van der Waals surface area (Å²) in [6.45, 7) is 0.